The summed E-state index contributed by atoms with van der Waals surface area (Å²) >= 11 is 3.44. The monoisotopic (exact) mass is 255 g/mol. The van der Waals surface area contributed by atoms with Crippen molar-refractivity contribution in [2.75, 3.05) is 11.9 Å². The molecule has 1 N–H and O–H groups in total. The zero-order valence-electron chi connectivity index (χ0n) is 7.76. The Bertz CT molecular complexity index is 390. The topological polar surface area (TPSA) is 38.3 Å². The molecule has 14 heavy (non-hydrogen) atoms. The van der Waals surface area contributed by atoms with E-state index in [0.29, 0.717) is 12.2 Å². The van der Waals surface area contributed by atoms with Crippen LogP contribution in [0.4, 0.5) is 5.69 Å². The quantitative estimate of drug-likeness (QED) is 0.826. The summed E-state index contributed by atoms with van der Waals surface area (Å²) in [4.78, 5) is 11.3. The first-order valence-corrected chi connectivity index (χ1v) is 5.25. The zero-order chi connectivity index (χ0) is 10.1. The third-order valence-corrected chi connectivity index (χ3v) is 2.79. The normalized spacial score (nSPS) is 13.7. The minimum Gasteiger partial charge on any atom is -0.457 e. The Kier molecular flexibility index (Phi) is 2.46. The van der Waals surface area contributed by atoms with Gasteiger partial charge in [0.25, 0.3) is 0 Å². The van der Waals surface area contributed by atoms with Gasteiger partial charge in [-0.05, 0) is 35.0 Å². The van der Waals surface area contributed by atoms with E-state index < -0.39 is 0 Å². The summed E-state index contributed by atoms with van der Waals surface area (Å²) in [5, 5.41) is 3.17. The first-order valence-electron chi connectivity index (χ1n) is 4.45. The molecule has 1 aliphatic heterocycles. The van der Waals surface area contributed by atoms with Crippen molar-refractivity contribution in [1.82, 2.24) is 0 Å². The van der Waals surface area contributed by atoms with E-state index in [4.69, 9.17) is 4.74 Å². The molecule has 1 aromatic carbocycles. The molecule has 1 heterocycles. The largest absolute Gasteiger partial charge is 0.457 e. The molecule has 0 spiro atoms. The number of ether oxygens (including phenoxy) is 1. The van der Waals surface area contributed by atoms with Gasteiger partial charge in [-0.2, -0.15) is 0 Å². The standard InChI is InChI=1S/C10H10BrNO2/c1-2-12-9-4-7-6(3-8(9)11)5-14-10(7)13/h3-4,12H,2,5H2,1H3. The van der Waals surface area contributed by atoms with Gasteiger partial charge in [0.1, 0.15) is 6.61 Å². The molecule has 3 nitrogen and oxygen atoms in total. The van der Waals surface area contributed by atoms with Gasteiger partial charge >= 0.3 is 5.97 Å². The number of anilines is 1. The second-order valence-corrected chi connectivity index (χ2v) is 3.95. The van der Waals surface area contributed by atoms with Gasteiger partial charge in [0.05, 0.1) is 5.56 Å². The number of benzene rings is 1. The summed E-state index contributed by atoms with van der Waals surface area (Å²) in [6, 6.07) is 3.76. The number of carbonyl (C=O) groups excluding carboxylic acids is 1. The van der Waals surface area contributed by atoms with Crippen molar-refractivity contribution < 1.29 is 9.53 Å². The lowest BCUT2D eigenvalue weighted by Crippen LogP contribution is -2.00. The summed E-state index contributed by atoms with van der Waals surface area (Å²) in [6.45, 7) is 3.23. The van der Waals surface area contributed by atoms with Crippen molar-refractivity contribution in [1.29, 1.82) is 0 Å². The molecule has 0 atom stereocenters. The number of fused-ring (bicyclic) bond motifs is 1. The Morgan fingerprint density at radius 3 is 3.07 bits per heavy atom. The second-order valence-electron chi connectivity index (χ2n) is 3.10. The van der Waals surface area contributed by atoms with Gasteiger partial charge in [0.15, 0.2) is 0 Å². The van der Waals surface area contributed by atoms with Crippen molar-refractivity contribution in [3.63, 3.8) is 0 Å². The predicted molar refractivity (Wildman–Crippen MR) is 57.4 cm³/mol. The highest BCUT2D eigenvalue weighted by molar-refractivity contribution is 9.10. The first kappa shape index (κ1) is 9.52. The number of hydrogen-bond acceptors (Lipinski definition) is 3. The fraction of sp³-hybridized carbons (Fsp3) is 0.300. The van der Waals surface area contributed by atoms with Gasteiger partial charge in [0, 0.05) is 22.3 Å². The van der Waals surface area contributed by atoms with Crippen molar-refractivity contribution >= 4 is 27.6 Å². The molecule has 4 heteroatoms. The molecule has 2 rings (SSSR count). The van der Waals surface area contributed by atoms with E-state index in [-0.39, 0.29) is 5.97 Å². The summed E-state index contributed by atoms with van der Waals surface area (Å²) in [7, 11) is 0. The molecule has 0 saturated heterocycles. The molecule has 74 valence electrons. The van der Waals surface area contributed by atoms with Gasteiger partial charge in [-0.1, -0.05) is 0 Å². The van der Waals surface area contributed by atoms with Crippen LogP contribution < -0.4 is 5.32 Å². The molecular weight excluding hydrogens is 246 g/mol. The fourth-order valence-electron chi connectivity index (χ4n) is 1.47. The third-order valence-electron chi connectivity index (χ3n) is 2.14. The molecule has 0 aromatic heterocycles. The SMILES string of the molecule is CCNc1cc2c(cc1Br)COC2=O. The van der Waals surface area contributed by atoms with Crippen LogP contribution in [0.3, 0.4) is 0 Å². The van der Waals surface area contributed by atoms with Crippen molar-refractivity contribution in [3.05, 3.63) is 27.7 Å². The second kappa shape index (κ2) is 3.61. The van der Waals surface area contributed by atoms with Crippen LogP contribution in [0, 0.1) is 0 Å². The highest BCUT2D eigenvalue weighted by atomic mass is 79.9. The van der Waals surface area contributed by atoms with Crippen molar-refractivity contribution in [3.8, 4) is 0 Å². The van der Waals surface area contributed by atoms with Gasteiger partial charge in [0.2, 0.25) is 0 Å². The average molecular weight is 256 g/mol. The lowest BCUT2D eigenvalue weighted by Gasteiger charge is -2.06. The molecule has 0 fully saturated rings. The number of nitrogens with one attached hydrogen (secondary N) is 1. The lowest BCUT2D eigenvalue weighted by molar-refractivity contribution is 0.0535. The maximum atomic E-state index is 11.3. The molecule has 0 bridgehead atoms. The Balaban J connectivity index is 2.46. The lowest BCUT2D eigenvalue weighted by atomic mass is 10.1. The van der Waals surface area contributed by atoms with Crippen LogP contribution in [0.1, 0.15) is 22.8 Å². The van der Waals surface area contributed by atoms with E-state index in [9.17, 15) is 4.79 Å². The van der Waals surface area contributed by atoms with Crippen LogP contribution in [0.15, 0.2) is 16.6 Å². The Morgan fingerprint density at radius 1 is 1.57 bits per heavy atom. The van der Waals surface area contributed by atoms with Crippen LogP contribution in [0.25, 0.3) is 0 Å². The summed E-state index contributed by atoms with van der Waals surface area (Å²) in [5.74, 6) is -0.230. The van der Waals surface area contributed by atoms with E-state index in [1.807, 2.05) is 19.1 Å². The smallest absolute Gasteiger partial charge is 0.338 e. The van der Waals surface area contributed by atoms with Crippen LogP contribution in [0.5, 0.6) is 0 Å². The maximum Gasteiger partial charge on any atom is 0.338 e. The molecule has 0 aliphatic carbocycles. The number of carbonyl (C=O) groups is 1. The van der Waals surface area contributed by atoms with Crippen LogP contribution >= 0.6 is 15.9 Å². The zero-order valence-corrected chi connectivity index (χ0v) is 9.35. The van der Waals surface area contributed by atoms with Crippen LogP contribution in [-0.2, 0) is 11.3 Å². The third kappa shape index (κ3) is 1.50. The van der Waals surface area contributed by atoms with Gasteiger partial charge in [-0.15, -0.1) is 0 Å². The number of halogens is 1. The molecule has 0 radical (unpaired) electrons. The minimum atomic E-state index is -0.230. The Morgan fingerprint density at radius 2 is 2.36 bits per heavy atom. The molecule has 1 aliphatic rings. The van der Waals surface area contributed by atoms with E-state index in [1.54, 1.807) is 0 Å². The van der Waals surface area contributed by atoms with Gasteiger partial charge in [-0.3, -0.25) is 0 Å². The summed E-state index contributed by atoms with van der Waals surface area (Å²) in [6.07, 6.45) is 0. The minimum absolute atomic E-state index is 0.230. The van der Waals surface area contributed by atoms with Crippen molar-refractivity contribution in [2.24, 2.45) is 0 Å². The molecule has 0 saturated carbocycles. The fourth-order valence-corrected chi connectivity index (χ4v) is 2.00. The average Bonchev–Trinajstić information content (AvgIpc) is 2.49. The van der Waals surface area contributed by atoms with Crippen LogP contribution in [-0.4, -0.2) is 12.5 Å². The highest BCUT2D eigenvalue weighted by Crippen LogP contribution is 2.30. The van der Waals surface area contributed by atoms with E-state index in [1.165, 1.54) is 0 Å². The van der Waals surface area contributed by atoms with E-state index >= 15 is 0 Å². The number of rotatable bonds is 2. The summed E-state index contributed by atoms with van der Waals surface area (Å²) < 4.78 is 5.89. The first-order chi connectivity index (χ1) is 6.72. The maximum absolute atomic E-state index is 11.3. The number of cyclic esters (lactones) is 1. The van der Waals surface area contributed by atoms with Gasteiger partial charge < -0.3 is 10.1 Å². The molecule has 0 unspecified atom stereocenters. The summed E-state index contributed by atoms with van der Waals surface area (Å²) in [5.41, 5.74) is 2.55. The van der Waals surface area contributed by atoms with E-state index in [0.717, 1.165) is 22.3 Å². The highest BCUT2D eigenvalue weighted by Gasteiger charge is 2.22. The molecular formula is C10H10BrNO2. The van der Waals surface area contributed by atoms with Crippen LogP contribution in [0.2, 0.25) is 0 Å². The van der Waals surface area contributed by atoms with Crippen molar-refractivity contribution in [2.45, 2.75) is 13.5 Å². The van der Waals surface area contributed by atoms with Gasteiger partial charge in [-0.25, -0.2) is 4.79 Å². The van der Waals surface area contributed by atoms with E-state index in [2.05, 4.69) is 21.2 Å². The molecule has 1 aromatic rings. The number of hydrogen-bond donors (Lipinski definition) is 1. The Hall–Kier alpha value is -1.03. The Labute approximate surface area is 90.6 Å². The molecule has 0 amide bonds. The predicted octanol–water partition coefficient (Wildman–Crippen LogP) is 2.55. The number of esters is 1.